The third-order valence-corrected chi connectivity index (χ3v) is 3.39. The summed E-state index contributed by atoms with van der Waals surface area (Å²) in [5.74, 6) is -0.566. The standard InChI is InChI=1S/C15H13Cl2FN2O2/c16-10-3-1-2-9(6-10)14(21)8-19-15(22)20-11-4-5-13(18)12(17)7-11/h1-7,14,21H,8H2,(H2,19,20,22). The number of rotatable bonds is 4. The Hall–Kier alpha value is -1.82. The van der Waals surface area contributed by atoms with Crippen LogP contribution in [0.25, 0.3) is 0 Å². The molecule has 0 heterocycles. The number of carbonyl (C=O) groups excluding carboxylic acids is 1. The SMILES string of the molecule is O=C(NCC(O)c1cccc(Cl)c1)Nc1ccc(F)c(Cl)c1. The maximum Gasteiger partial charge on any atom is 0.319 e. The van der Waals surface area contributed by atoms with Crippen molar-refractivity contribution in [2.24, 2.45) is 0 Å². The van der Waals surface area contributed by atoms with Crippen molar-refractivity contribution < 1.29 is 14.3 Å². The minimum absolute atomic E-state index is 0.00109. The molecule has 0 aliphatic rings. The van der Waals surface area contributed by atoms with Crippen molar-refractivity contribution in [1.29, 1.82) is 0 Å². The predicted molar refractivity (Wildman–Crippen MR) is 84.8 cm³/mol. The summed E-state index contributed by atoms with van der Waals surface area (Å²) in [6, 6.07) is 10.0. The Kier molecular flexibility index (Phi) is 5.60. The third-order valence-electron chi connectivity index (χ3n) is 2.87. The molecule has 1 unspecified atom stereocenters. The molecular weight excluding hydrogens is 330 g/mol. The van der Waals surface area contributed by atoms with Crippen molar-refractivity contribution in [1.82, 2.24) is 5.32 Å². The first-order chi connectivity index (χ1) is 10.5. The van der Waals surface area contributed by atoms with Crippen molar-refractivity contribution >= 4 is 34.9 Å². The Morgan fingerprint density at radius 3 is 2.68 bits per heavy atom. The van der Waals surface area contributed by atoms with Crippen molar-refractivity contribution in [3.63, 3.8) is 0 Å². The number of benzene rings is 2. The molecule has 22 heavy (non-hydrogen) atoms. The van der Waals surface area contributed by atoms with E-state index in [1.807, 2.05) is 0 Å². The summed E-state index contributed by atoms with van der Waals surface area (Å²) in [5.41, 5.74) is 0.943. The molecule has 0 aliphatic carbocycles. The average molecular weight is 343 g/mol. The summed E-state index contributed by atoms with van der Waals surface area (Å²) in [6.07, 6.45) is -0.888. The molecule has 1 atom stereocenters. The number of urea groups is 1. The minimum atomic E-state index is -0.888. The normalized spacial score (nSPS) is 11.8. The van der Waals surface area contributed by atoms with Crippen LogP contribution in [0.5, 0.6) is 0 Å². The monoisotopic (exact) mass is 342 g/mol. The molecule has 0 fully saturated rings. The summed E-state index contributed by atoms with van der Waals surface area (Å²) in [5, 5.41) is 15.4. The van der Waals surface area contributed by atoms with Gasteiger partial charge in [-0.1, -0.05) is 35.3 Å². The highest BCUT2D eigenvalue weighted by molar-refractivity contribution is 6.31. The van der Waals surface area contributed by atoms with Gasteiger partial charge in [0.1, 0.15) is 5.82 Å². The first kappa shape index (κ1) is 16.5. The Balaban J connectivity index is 1.88. The molecule has 116 valence electrons. The van der Waals surface area contributed by atoms with Gasteiger partial charge in [-0.2, -0.15) is 0 Å². The van der Waals surface area contributed by atoms with E-state index in [0.29, 0.717) is 16.3 Å². The molecule has 7 heteroatoms. The smallest absolute Gasteiger partial charge is 0.319 e. The predicted octanol–water partition coefficient (Wildman–Crippen LogP) is 3.99. The summed E-state index contributed by atoms with van der Waals surface area (Å²) in [7, 11) is 0. The van der Waals surface area contributed by atoms with Crippen LogP contribution in [-0.4, -0.2) is 17.7 Å². The van der Waals surface area contributed by atoms with E-state index >= 15 is 0 Å². The fraction of sp³-hybridized carbons (Fsp3) is 0.133. The van der Waals surface area contributed by atoms with Crippen LogP contribution in [0.3, 0.4) is 0 Å². The fourth-order valence-electron chi connectivity index (χ4n) is 1.77. The maximum absolute atomic E-state index is 13.0. The lowest BCUT2D eigenvalue weighted by atomic mass is 10.1. The highest BCUT2D eigenvalue weighted by Gasteiger charge is 2.10. The zero-order valence-corrected chi connectivity index (χ0v) is 12.8. The Labute approximate surface area is 136 Å². The summed E-state index contributed by atoms with van der Waals surface area (Å²) in [4.78, 5) is 11.7. The lowest BCUT2D eigenvalue weighted by Gasteiger charge is -2.13. The van der Waals surface area contributed by atoms with E-state index in [9.17, 15) is 14.3 Å². The molecule has 2 rings (SSSR count). The van der Waals surface area contributed by atoms with Gasteiger partial charge >= 0.3 is 6.03 Å². The second kappa shape index (κ2) is 7.45. The van der Waals surface area contributed by atoms with E-state index in [2.05, 4.69) is 10.6 Å². The second-order valence-electron chi connectivity index (χ2n) is 4.53. The molecule has 0 aromatic heterocycles. The number of amides is 2. The molecule has 0 saturated heterocycles. The van der Waals surface area contributed by atoms with Crippen LogP contribution in [0.4, 0.5) is 14.9 Å². The second-order valence-corrected chi connectivity index (χ2v) is 5.38. The van der Waals surface area contributed by atoms with Crippen molar-refractivity contribution in [3.8, 4) is 0 Å². The van der Waals surface area contributed by atoms with E-state index in [1.54, 1.807) is 24.3 Å². The van der Waals surface area contributed by atoms with Gasteiger partial charge in [0.05, 0.1) is 11.1 Å². The van der Waals surface area contributed by atoms with Gasteiger partial charge in [-0.05, 0) is 35.9 Å². The molecule has 2 aromatic rings. The molecular formula is C15H13Cl2FN2O2. The number of hydrogen-bond donors (Lipinski definition) is 3. The van der Waals surface area contributed by atoms with Gasteiger partial charge in [0.2, 0.25) is 0 Å². The van der Waals surface area contributed by atoms with Crippen LogP contribution in [0.15, 0.2) is 42.5 Å². The molecule has 0 aliphatic heterocycles. The van der Waals surface area contributed by atoms with Crippen LogP contribution in [0.1, 0.15) is 11.7 Å². The number of aliphatic hydroxyl groups excluding tert-OH is 1. The van der Waals surface area contributed by atoms with Gasteiger partial charge in [-0.15, -0.1) is 0 Å². The lowest BCUT2D eigenvalue weighted by Crippen LogP contribution is -2.32. The van der Waals surface area contributed by atoms with Gasteiger partial charge in [-0.3, -0.25) is 0 Å². The van der Waals surface area contributed by atoms with Crippen LogP contribution < -0.4 is 10.6 Å². The van der Waals surface area contributed by atoms with Gasteiger partial charge in [0.25, 0.3) is 0 Å². The highest BCUT2D eigenvalue weighted by atomic mass is 35.5. The highest BCUT2D eigenvalue weighted by Crippen LogP contribution is 2.19. The third kappa shape index (κ3) is 4.59. The van der Waals surface area contributed by atoms with E-state index in [-0.39, 0.29) is 11.6 Å². The van der Waals surface area contributed by atoms with E-state index in [0.717, 1.165) is 6.07 Å². The zero-order valence-electron chi connectivity index (χ0n) is 11.3. The largest absolute Gasteiger partial charge is 0.387 e. The average Bonchev–Trinajstić information content (AvgIpc) is 2.48. The molecule has 3 N–H and O–H groups in total. The fourth-order valence-corrected chi connectivity index (χ4v) is 2.15. The van der Waals surface area contributed by atoms with Gasteiger partial charge in [0, 0.05) is 17.3 Å². The van der Waals surface area contributed by atoms with Crippen LogP contribution >= 0.6 is 23.2 Å². The van der Waals surface area contributed by atoms with E-state index in [1.165, 1.54) is 12.1 Å². The van der Waals surface area contributed by atoms with Crippen LogP contribution in [0, 0.1) is 5.82 Å². The van der Waals surface area contributed by atoms with Gasteiger partial charge in [0.15, 0.2) is 0 Å². The molecule has 0 spiro atoms. The van der Waals surface area contributed by atoms with E-state index in [4.69, 9.17) is 23.2 Å². The number of carbonyl (C=O) groups is 1. The van der Waals surface area contributed by atoms with Gasteiger partial charge in [-0.25, -0.2) is 9.18 Å². The number of nitrogens with one attached hydrogen (secondary N) is 2. The lowest BCUT2D eigenvalue weighted by molar-refractivity contribution is 0.175. The summed E-state index contributed by atoms with van der Waals surface area (Å²) < 4.78 is 13.0. The quantitative estimate of drug-likeness (QED) is 0.786. The van der Waals surface area contributed by atoms with Crippen molar-refractivity contribution in [2.75, 3.05) is 11.9 Å². The van der Waals surface area contributed by atoms with E-state index < -0.39 is 18.0 Å². The summed E-state index contributed by atoms with van der Waals surface area (Å²) >= 11 is 11.5. The number of halogens is 3. The molecule has 0 saturated carbocycles. The zero-order chi connectivity index (χ0) is 16.1. The molecule has 4 nitrogen and oxygen atoms in total. The maximum atomic E-state index is 13.0. The van der Waals surface area contributed by atoms with Crippen LogP contribution in [-0.2, 0) is 0 Å². The number of anilines is 1. The van der Waals surface area contributed by atoms with Gasteiger partial charge < -0.3 is 15.7 Å². The summed E-state index contributed by atoms with van der Waals surface area (Å²) in [6.45, 7) is 0.00109. The first-order valence-corrected chi connectivity index (χ1v) is 7.15. The Morgan fingerprint density at radius 2 is 2.00 bits per heavy atom. The topological polar surface area (TPSA) is 61.4 Å². The molecule has 2 amide bonds. The first-order valence-electron chi connectivity index (χ1n) is 6.39. The Bertz CT molecular complexity index is 682. The molecule has 0 bridgehead atoms. The van der Waals surface area contributed by atoms with Crippen molar-refractivity contribution in [2.45, 2.75) is 6.10 Å². The Morgan fingerprint density at radius 1 is 1.23 bits per heavy atom. The molecule has 2 aromatic carbocycles. The minimum Gasteiger partial charge on any atom is -0.387 e. The van der Waals surface area contributed by atoms with Crippen molar-refractivity contribution in [3.05, 3.63) is 63.9 Å². The molecule has 0 radical (unpaired) electrons. The van der Waals surface area contributed by atoms with Crippen LogP contribution in [0.2, 0.25) is 10.0 Å². The number of aliphatic hydroxyl groups is 1. The number of hydrogen-bond acceptors (Lipinski definition) is 2.